The van der Waals surface area contributed by atoms with E-state index >= 15 is 0 Å². The zero-order chi connectivity index (χ0) is 12.7. The average molecular weight is 279 g/mol. The standard InChI is InChI=1S/C12H11ClN4S/c1-7(2)17-9(3-5-14-17)10-11-8(4-6-18-11)15-12(13)16-10/h3-7H,1-2H3. The normalized spacial score (nSPS) is 11.6. The molecule has 3 heterocycles. The number of fused-ring (bicyclic) bond motifs is 1. The number of nitrogens with zero attached hydrogens (tertiary/aromatic N) is 4. The topological polar surface area (TPSA) is 43.6 Å². The molecule has 0 atom stereocenters. The van der Waals surface area contributed by atoms with Gasteiger partial charge < -0.3 is 0 Å². The van der Waals surface area contributed by atoms with Crippen molar-refractivity contribution in [2.24, 2.45) is 0 Å². The van der Waals surface area contributed by atoms with E-state index in [1.165, 1.54) is 0 Å². The van der Waals surface area contributed by atoms with Crippen LogP contribution in [0.5, 0.6) is 0 Å². The van der Waals surface area contributed by atoms with Crippen molar-refractivity contribution in [3.05, 3.63) is 29.0 Å². The summed E-state index contributed by atoms with van der Waals surface area (Å²) in [4.78, 5) is 8.58. The Labute approximate surface area is 113 Å². The van der Waals surface area contributed by atoms with Crippen LogP contribution in [-0.4, -0.2) is 19.7 Å². The third-order valence-electron chi connectivity index (χ3n) is 2.68. The van der Waals surface area contributed by atoms with E-state index in [-0.39, 0.29) is 11.3 Å². The lowest BCUT2D eigenvalue weighted by Gasteiger charge is -2.10. The molecule has 0 aliphatic heterocycles. The molecule has 0 unspecified atom stereocenters. The summed E-state index contributed by atoms with van der Waals surface area (Å²) >= 11 is 7.60. The maximum atomic E-state index is 5.98. The second-order valence-corrected chi connectivity index (χ2v) is 5.49. The fourth-order valence-electron chi connectivity index (χ4n) is 1.92. The van der Waals surface area contributed by atoms with Gasteiger partial charge in [-0.1, -0.05) is 0 Å². The average Bonchev–Trinajstić information content (AvgIpc) is 2.95. The molecule has 3 rings (SSSR count). The summed E-state index contributed by atoms with van der Waals surface area (Å²) in [6.07, 6.45) is 1.78. The zero-order valence-corrected chi connectivity index (χ0v) is 11.5. The van der Waals surface area contributed by atoms with Crippen LogP contribution in [0.3, 0.4) is 0 Å². The third-order valence-corrected chi connectivity index (χ3v) is 3.76. The van der Waals surface area contributed by atoms with Crippen molar-refractivity contribution in [1.29, 1.82) is 0 Å². The van der Waals surface area contributed by atoms with E-state index in [0.717, 1.165) is 21.6 Å². The first kappa shape index (κ1) is 11.6. The van der Waals surface area contributed by atoms with Crippen LogP contribution in [0.1, 0.15) is 19.9 Å². The first-order chi connectivity index (χ1) is 8.66. The molecule has 0 amide bonds. The van der Waals surface area contributed by atoms with Crippen molar-refractivity contribution >= 4 is 33.2 Å². The van der Waals surface area contributed by atoms with Gasteiger partial charge in [-0.05, 0) is 43.0 Å². The summed E-state index contributed by atoms with van der Waals surface area (Å²) in [6.45, 7) is 4.18. The molecule has 18 heavy (non-hydrogen) atoms. The van der Waals surface area contributed by atoms with Gasteiger partial charge in [-0.15, -0.1) is 11.3 Å². The molecule has 92 valence electrons. The number of hydrogen-bond donors (Lipinski definition) is 0. The minimum Gasteiger partial charge on any atom is -0.261 e. The summed E-state index contributed by atoms with van der Waals surface area (Å²) < 4.78 is 2.99. The molecule has 6 heteroatoms. The van der Waals surface area contributed by atoms with Gasteiger partial charge in [0.2, 0.25) is 5.28 Å². The second-order valence-electron chi connectivity index (χ2n) is 4.23. The predicted molar refractivity (Wildman–Crippen MR) is 74.0 cm³/mol. The molecule has 0 fully saturated rings. The Morgan fingerprint density at radius 1 is 1.28 bits per heavy atom. The smallest absolute Gasteiger partial charge is 0.223 e. The van der Waals surface area contributed by atoms with Gasteiger partial charge in [0.15, 0.2) is 0 Å². The van der Waals surface area contributed by atoms with Crippen LogP contribution in [-0.2, 0) is 0 Å². The van der Waals surface area contributed by atoms with Gasteiger partial charge in [0.05, 0.1) is 15.9 Å². The van der Waals surface area contributed by atoms with Crippen LogP contribution in [0.2, 0.25) is 5.28 Å². The van der Waals surface area contributed by atoms with E-state index in [0.29, 0.717) is 0 Å². The van der Waals surface area contributed by atoms with Crippen molar-refractivity contribution < 1.29 is 0 Å². The summed E-state index contributed by atoms with van der Waals surface area (Å²) in [5.74, 6) is 0. The van der Waals surface area contributed by atoms with E-state index in [1.807, 2.05) is 22.2 Å². The van der Waals surface area contributed by atoms with E-state index in [1.54, 1.807) is 17.5 Å². The summed E-state index contributed by atoms with van der Waals surface area (Å²) in [5, 5.41) is 6.60. The second kappa shape index (κ2) is 4.33. The summed E-state index contributed by atoms with van der Waals surface area (Å²) in [5.41, 5.74) is 2.71. The van der Waals surface area contributed by atoms with Crippen molar-refractivity contribution in [3.8, 4) is 11.4 Å². The molecular weight excluding hydrogens is 268 g/mol. The number of rotatable bonds is 2. The van der Waals surface area contributed by atoms with Crippen LogP contribution in [0, 0.1) is 0 Å². The molecule has 0 spiro atoms. The molecule has 0 aromatic carbocycles. The molecule has 4 nitrogen and oxygen atoms in total. The molecular formula is C12H11ClN4S. The van der Waals surface area contributed by atoms with Crippen LogP contribution in [0.25, 0.3) is 21.6 Å². The largest absolute Gasteiger partial charge is 0.261 e. The highest BCUT2D eigenvalue weighted by Gasteiger charge is 2.15. The van der Waals surface area contributed by atoms with E-state index in [9.17, 15) is 0 Å². The quantitative estimate of drug-likeness (QED) is 0.670. The molecule has 0 N–H and O–H groups in total. The monoisotopic (exact) mass is 278 g/mol. The van der Waals surface area contributed by atoms with Gasteiger partial charge in [-0.25, -0.2) is 9.97 Å². The van der Waals surface area contributed by atoms with Crippen molar-refractivity contribution in [2.45, 2.75) is 19.9 Å². The number of thiophene rings is 1. The van der Waals surface area contributed by atoms with E-state index in [4.69, 9.17) is 11.6 Å². The Kier molecular flexibility index (Phi) is 2.80. The van der Waals surface area contributed by atoms with Crippen LogP contribution in [0.4, 0.5) is 0 Å². The van der Waals surface area contributed by atoms with Crippen molar-refractivity contribution in [3.63, 3.8) is 0 Å². The summed E-state index contributed by atoms with van der Waals surface area (Å²) in [7, 11) is 0. The van der Waals surface area contributed by atoms with Gasteiger partial charge >= 0.3 is 0 Å². The highest BCUT2D eigenvalue weighted by atomic mass is 35.5. The number of halogens is 1. The van der Waals surface area contributed by atoms with Gasteiger partial charge in [0.25, 0.3) is 0 Å². The van der Waals surface area contributed by atoms with E-state index in [2.05, 4.69) is 28.9 Å². The fraction of sp³-hybridized carbons (Fsp3) is 0.250. The molecule has 0 saturated heterocycles. The van der Waals surface area contributed by atoms with Gasteiger partial charge in [0.1, 0.15) is 5.69 Å². The highest BCUT2D eigenvalue weighted by molar-refractivity contribution is 7.17. The van der Waals surface area contributed by atoms with Crippen molar-refractivity contribution in [1.82, 2.24) is 19.7 Å². The third kappa shape index (κ3) is 1.79. The highest BCUT2D eigenvalue weighted by Crippen LogP contribution is 2.31. The fourth-order valence-corrected chi connectivity index (χ4v) is 2.93. The molecule has 0 saturated carbocycles. The Morgan fingerprint density at radius 2 is 2.11 bits per heavy atom. The Balaban J connectivity index is 2.30. The lowest BCUT2D eigenvalue weighted by molar-refractivity contribution is 0.538. The predicted octanol–water partition coefficient (Wildman–Crippen LogP) is 3.79. The Morgan fingerprint density at radius 3 is 2.89 bits per heavy atom. The molecule has 3 aromatic heterocycles. The zero-order valence-electron chi connectivity index (χ0n) is 9.96. The Hall–Kier alpha value is -1.46. The molecule has 0 bridgehead atoms. The Bertz CT molecular complexity index is 701. The number of hydrogen-bond acceptors (Lipinski definition) is 4. The summed E-state index contributed by atoms with van der Waals surface area (Å²) in [6, 6.07) is 4.18. The van der Waals surface area contributed by atoms with E-state index < -0.39 is 0 Å². The first-order valence-corrected chi connectivity index (χ1v) is 6.87. The molecule has 0 aliphatic rings. The lowest BCUT2D eigenvalue weighted by atomic mass is 10.2. The SMILES string of the molecule is CC(C)n1nccc1-c1nc(Cl)nc2ccsc12. The molecule has 0 aliphatic carbocycles. The van der Waals surface area contributed by atoms with Crippen LogP contribution < -0.4 is 0 Å². The van der Waals surface area contributed by atoms with Gasteiger partial charge in [-0.3, -0.25) is 4.68 Å². The maximum Gasteiger partial charge on any atom is 0.223 e. The van der Waals surface area contributed by atoms with Crippen molar-refractivity contribution in [2.75, 3.05) is 0 Å². The minimum atomic E-state index is 0.271. The first-order valence-electron chi connectivity index (χ1n) is 5.61. The molecule has 3 aromatic rings. The maximum absolute atomic E-state index is 5.98. The van der Waals surface area contributed by atoms with Gasteiger partial charge in [-0.2, -0.15) is 5.10 Å². The van der Waals surface area contributed by atoms with Gasteiger partial charge in [0, 0.05) is 12.2 Å². The van der Waals surface area contributed by atoms with Crippen LogP contribution >= 0.6 is 22.9 Å². The number of aromatic nitrogens is 4. The lowest BCUT2D eigenvalue weighted by Crippen LogP contribution is -2.05. The van der Waals surface area contributed by atoms with Crippen LogP contribution in [0.15, 0.2) is 23.7 Å². The minimum absolute atomic E-state index is 0.271. The molecule has 0 radical (unpaired) electrons.